The Bertz CT molecular complexity index is 347. The molecule has 1 aliphatic heterocycles. The zero-order valence-electron chi connectivity index (χ0n) is 10.2. The van der Waals surface area contributed by atoms with Crippen molar-refractivity contribution < 1.29 is 18.6 Å². The van der Waals surface area contributed by atoms with Crippen molar-refractivity contribution >= 4 is 52.0 Å². The van der Waals surface area contributed by atoms with E-state index in [9.17, 15) is 9.59 Å². The largest absolute Gasteiger partial charge is 0.417 e. The molecule has 1 rings (SSSR count). The number of nitrogens with zero attached hydrogens (tertiary/aromatic N) is 1. The van der Waals surface area contributed by atoms with Crippen LogP contribution < -0.4 is 25.9 Å². The van der Waals surface area contributed by atoms with E-state index in [-0.39, 0.29) is 12.0 Å². The Morgan fingerprint density at radius 1 is 1.10 bits per heavy atom. The van der Waals surface area contributed by atoms with Gasteiger partial charge in [0.05, 0.1) is 6.04 Å². The summed E-state index contributed by atoms with van der Waals surface area (Å²) in [5.74, 6) is -0.0739. The number of aliphatic imine (C=N–C) groups is 1. The van der Waals surface area contributed by atoms with E-state index in [2.05, 4.69) is 40.0 Å². The van der Waals surface area contributed by atoms with Crippen LogP contribution in [0.1, 0.15) is 0 Å². The molecule has 0 aliphatic carbocycles. The maximum atomic E-state index is 11.4. The van der Waals surface area contributed by atoms with Gasteiger partial charge in [0.25, 0.3) is 0 Å². The summed E-state index contributed by atoms with van der Waals surface area (Å²) >= 11 is 0. The van der Waals surface area contributed by atoms with Gasteiger partial charge in [-0.15, -0.1) is 0 Å². The Kier molecular flexibility index (Phi) is 8.48. The third-order valence-corrected chi connectivity index (χ3v) is 2.73. The summed E-state index contributed by atoms with van der Waals surface area (Å²) in [5, 5.41) is 7.54. The predicted molar refractivity (Wildman–Crippen MR) is 77.7 cm³/mol. The summed E-state index contributed by atoms with van der Waals surface area (Å²) in [6, 6.07) is -0.0456. The van der Waals surface area contributed by atoms with Crippen molar-refractivity contribution in [1.29, 1.82) is 0 Å². The van der Waals surface area contributed by atoms with Crippen LogP contribution in [0.25, 0.3) is 0 Å². The monoisotopic (exact) mass is 316 g/mol. The second-order valence-electron chi connectivity index (χ2n) is 3.31. The fourth-order valence-corrected chi connectivity index (χ4v) is 1.44. The summed E-state index contributed by atoms with van der Waals surface area (Å²) in [7, 11) is 9.09. The van der Waals surface area contributed by atoms with E-state index in [1.807, 2.05) is 0 Å². The van der Waals surface area contributed by atoms with Crippen molar-refractivity contribution in [3.8, 4) is 0 Å². The molecule has 1 saturated heterocycles. The summed E-state index contributed by atoms with van der Waals surface area (Å²) in [4.78, 5) is 31.2. The van der Waals surface area contributed by atoms with Gasteiger partial charge in [0, 0.05) is 13.1 Å². The van der Waals surface area contributed by atoms with Crippen LogP contribution in [0.15, 0.2) is 4.99 Å². The number of carbonyl (C=O) groups excluding carboxylic acids is 2. The molecule has 106 valence electrons. The summed E-state index contributed by atoms with van der Waals surface area (Å²) < 4.78 is 9.28. The van der Waals surface area contributed by atoms with Crippen molar-refractivity contribution in [1.82, 2.24) is 25.9 Å². The summed E-state index contributed by atoms with van der Waals surface area (Å²) in [6.07, 6.45) is -1.63. The number of amides is 2. The molecule has 1 fully saturated rings. The first kappa shape index (κ1) is 17.1. The first-order valence-corrected chi connectivity index (χ1v) is 7.12. The zero-order valence-corrected chi connectivity index (χ0v) is 12.2. The summed E-state index contributed by atoms with van der Waals surface area (Å²) in [5.41, 5.74) is 0. The van der Waals surface area contributed by atoms with Gasteiger partial charge >= 0.3 is 12.2 Å². The molecule has 5 N–H and O–H groups in total. The summed E-state index contributed by atoms with van der Waals surface area (Å²) in [6.45, 7) is 1.30. The first-order chi connectivity index (χ1) is 9.65. The lowest BCUT2D eigenvalue weighted by molar-refractivity contribution is 0.209. The standard InChI is InChI=1S/C6H12B2N6O4P2/c7-13-19-17-5(15)11-4(10-3-1-9-2-3)12-6(16)18-20-14-8/h3,9,13-14,19-20H,1-2H2,(H2,10,11,12,15,16). The maximum absolute atomic E-state index is 11.4. The topological polar surface area (TPSA) is 125 Å². The fraction of sp³-hybridized carbons (Fsp3) is 0.500. The molecule has 0 bridgehead atoms. The molecule has 0 spiro atoms. The number of guanidine groups is 1. The average Bonchev–Trinajstić information content (AvgIpc) is 2.38. The first-order valence-electron chi connectivity index (χ1n) is 5.31. The van der Waals surface area contributed by atoms with Crippen LogP contribution in [-0.4, -0.2) is 53.2 Å². The van der Waals surface area contributed by atoms with Gasteiger partial charge in [-0.05, 0) is 0 Å². The molecule has 2 atom stereocenters. The normalized spacial score (nSPS) is 15.0. The van der Waals surface area contributed by atoms with E-state index in [0.29, 0.717) is 13.1 Å². The van der Waals surface area contributed by atoms with Crippen LogP contribution in [-0.2, 0) is 9.05 Å². The van der Waals surface area contributed by atoms with E-state index in [1.165, 1.54) is 0 Å². The van der Waals surface area contributed by atoms with Gasteiger partial charge in [0.1, 0.15) is 17.9 Å². The van der Waals surface area contributed by atoms with Crippen molar-refractivity contribution in [2.75, 3.05) is 13.1 Å². The Labute approximate surface area is 121 Å². The molecule has 10 nitrogen and oxygen atoms in total. The Morgan fingerprint density at radius 3 is 1.95 bits per heavy atom. The van der Waals surface area contributed by atoms with E-state index in [4.69, 9.17) is 16.0 Å². The number of hydrogen-bond acceptors (Lipinski definition) is 8. The maximum Gasteiger partial charge on any atom is 0.417 e. The minimum atomic E-state index is -0.813. The van der Waals surface area contributed by atoms with Crippen molar-refractivity contribution in [2.24, 2.45) is 4.99 Å². The molecule has 2 amide bonds. The van der Waals surface area contributed by atoms with Gasteiger partial charge in [-0.2, -0.15) is 0 Å². The van der Waals surface area contributed by atoms with E-state index in [0.717, 1.165) is 0 Å². The third kappa shape index (κ3) is 7.02. The highest BCUT2D eigenvalue weighted by Crippen LogP contribution is 2.05. The molecule has 14 heteroatoms. The Morgan fingerprint density at radius 2 is 1.60 bits per heavy atom. The predicted octanol–water partition coefficient (Wildman–Crippen LogP) is -1.87. The van der Waals surface area contributed by atoms with E-state index >= 15 is 0 Å². The highest BCUT2D eigenvalue weighted by molar-refractivity contribution is 7.32. The molecule has 20 heavy (non-hydrogen) atoms. The van der Waals surface area contributed by atoms with Crippen LogP contribution in [0.3, 0.4) is 0 Å². The second-order valence-corrected chi connectivity index (χ2v) is 4.71. The molecule has 0 aromatic heterocycles. The lowest BCUT2D eigenvalue weighted by Crippen LogP contribution is -2.50. The minimum absolute atomic E-state index is 0.0456. The Balaban J connectivity index is 2.49. The molecule has 0 saturated carbocycles. The average molecular weight is 316 g/mol. The Hall–Kier alpha value is -0.920. The molecule has 0 aromatic rings. The van der Waals surface area contributed by atoms with Crippen LogP contribution in [0.2, 0.25) is 0 Å². The highest BCUT2D eigenvalue weighted by atomic mass is 31.1. The lowest BCUT2D eigenvalue weighted by Gasteiger charge is -2.24. The van der Waals surface area contributed by atoms with Gasteiger partial charge in [0.2, 0.25) is 5.96 Å². The quantitative estimate of drug-likeness (QED) is 0.174. The van der Waals surface area contributed by atoms with Gasteiger partial charge < -0.3 is 24.4 Å². The van der Waals surface area contributed by atoms with Gasteiger partial charge in [-0.25, -0.2) is 14.6 Å². The van der Waals surface area contributed by atoms with Gasteiger partial charge in [0.15, 0.2) is 16.0 Å². The van der Waals surface area contributed by atoms with Crippen LogP contribution >= 0.6 is 17.9 Å². The lowest BCUT2D eigenvalue weighted by atomic mass is 10.2. The SMILES string of the molecule is [B]NPOC(=O)NC(=NC1CNC1)NC(=O)OPN[B]. The van der Waals surface area contributed by atoms with Crippen molar-refractivity contribution in [3.05, 3.63) is 0 Å². The third-order valence-electron chi connectivity index (χ3n) is 1.92. The van der Waals surface area contributed by atoms with Gasteiger partial charge in [-0.3, -0.25) is 10.6 Å². The molecular weight excluding hydrogens is 304 g/mol. The molecular formula is C6H12B2N6O4P2. The number of hydrogen-bond donors (Lipinski definition) is 5. The van der Waals surface area contributed by atoms with Crippen LogP contribution in [0, 0.1) is 0 Å². The minimum Gasteiger partial charge on any atom is -0.416 e. The van der Waals surface area contributed by atoms with Gasteiger partial charge in [-0.1, -0.05) is 0 Å². The smallest absolute Gasteiger partial charge is 0.416 e. The molecule has 4 radical (unpaired) electrons. The van der Waals surface area contributed by atoms with E-state index in [1.54, 1.807) is 0 Å². The van der Waals surface area contributed by atoms with Crippen LogP contribution in [0.5, 0.6) is 0 Å². The van der Waals surface area contributed by atoms with Crippen LogP contribution in [0.4, 0.5) is 9.59 Å². The second kappa shape index (κ2) is 9.90. The number of carbonyl (C=O) groups is 2. The van der Waals surface area contributed by atoms with Crippen molar-refractivity contribution in [3.63, 3.8) is 0 Å². The highest BCUT2D eigenvalue weighted by Gasteiger charge is 2.19. The molecule has 0 aromatic carbocycles. The van der Waals surface area contributed by atoms with Crippen molar-refractivity contribution in [2.45, 2.75) is 6.04 Å². The molecule has 1 aliphatic rings. The number of nitrogens with one attached hydrogen (secondary N) is 5. The fourth-order valence-electron chi connectivity index (χ4n) is 1.04. The molecule has 1 heterocycles. The molecule has 2 unspecified atom stereocenters. The zero-order chi connectivity index (χ0) is 14.8. The number of rotatable bonds is 5. The van der Waals surface area contributed by atoms with E-state index < -0.39 is 30.1 Å².